The standard InChI is InChI=1S/C10H17NO5/c1-3-7(12)4-5-8(10(14)15)11-9(13)6-16-2/h8H,3-6H2,1-2H3,(H,11,13)(H,14,15)/t8-/m0/s1. The summed E-state index contributed by atoms with van der Waals surface area (Å²) in [6, 6.07) is -1.03. The van der Waals surface area contributed by atoms with Crippen molar-refractivity contribution in [3.8, 4) is 0 Å². The Morgan fingerprint density at radius 3 is 2.44 bits per heavy atom. The van der Waals surface area contributed by atoms with E-state index in [1.807, 2.05) is 0 Å². The number of ether oxygens (including phenoxy) is 1. The van der Waals surface area contributed by atoms with Gasteiger partial charge in [0.15, 0.2) is 0 Å². The Labute approximate surface area is 94.0 Å². The molecule has 0 unspecified atom stereocenters. The minimum atomic E-state index is -1.15. The van der Waals surface area contributed by atoms with E-state index in [4.69, 9.17) is 5.11 Å². The third-order valence-electron chi connectivity index (χ3n) is 2.01. The van der Waals surface area contributed by atoms with Gasteiger partial charge < -0.3 is 15.2 Å². The first kappa shape index (κ1) is 14.6. The summed E-state index contributed by atoms with van der Waals surface area (Å²) in [5.41, 5.74) is 0. The summed E-state index contributed by atoms with van der Waals surface area (Å²) in [4.78, 5) is 32.9. The molecule has 0 spiro atoms. The highest BCUT2D eigenvalue weighted by Crippen LogP contribution is 2.01. The number of methoxy groups -OCH3 is 1. The quantitative estimate of drug-likeness (QED) is 0.611. The lowest BCUT2D eigenvalue weighted by Crippen LogP contribution is -2.42. The van der Waals surface area contributed by atoms with Gasteiger partial charge in [-0.15, -0.1) is 0 Å². The Bertz CT molecular complexity index is 264. The van der Waals surface area contributed by atoms with E-state index in [2.05, 4.69) is 10.1 Å². The van der Waals surface area contributed by atoms with Gasteiger partial charge in [-0.2, -0.15) is 0 Å². The fourth-order valence-corrected chi connectivity index (χ4v) is 1.11. The molecule has 2 N–H and O–H groups in total. The van der Waals surface area contributed by atoms with Crippen LogP contribution in [0.15, 0.2) is 0 Å². The second-order valence-electron chi connectivity index (χ2n) is 3.32. The van der Waals surface area contributed by atoms with E-state index in [9.17, 15) is 14.4 Å². The molecule has 0 saturated heterocycles. The van der Waals surface area contributed by atoms with Crippen LogP contribution in [0.4, 0.5) is 0 Å². The molecule has 0 aliphatic heterocycles. The molecular weight excluding hydrogens is 214 g/mol. The predicted octanol–water partition coefficient (Wildman–Crippen LogP) is -0.0385. The maximum atomic E-state index is 11.1. The molecule has 0 aromatic carbocycles. The van der Waals surface area contributed by atoms with Gasteiger partial charge in [0.05, 0.1) is 0 Å². The van der Waals surface area contributed by atoms with Crippen molar-refractivity contribution in [2.45, 2.75) is 32.2 Å². The first-order valence-corrected chi connectivity index (χ1v) is 5.04. The topological polar surface area (TPSA) is 92.7 Å². The zero-order valence-corrected chi connectivity index (χ0v) is 9.49. The van der Waals surface area contributed by atoms with Crippen molar-refractivity contribution in [2.75, 3.05) is 13.7 Å². The number of Topliss-reactive ketones (excluding diaryl/α,β-unsaturated/α-hetero) is 1. The summed E-state index contributed by atoms with van der Waals surface area (Å²) >= 11 is 0. The second kappa shape index (κ2) is 7.81. The average Bonchev–Trinajstić information content (AvgIpc) is 2.23. The zero-order chi connectivity index (χ0) is 12.6. The van der Waals surface area contributed by atoms with Crippen molar-refractivity contribution < 1.29 is 24.2 Å². The number of carboxylic acid groups (broad SMARTS) is 1. The highest BCUT2D eigenvalue weighted by Gasteiger charge is 2.20. The third kappa shape index (κ3) is 6.13. The molecule has 0 heterocycles. The molecule has 6 nitrogen and oxygen atoms in total. The molecule has 92 valence electrons. The Balaban J connectivity index is 4.12. The predicted molar refractivity (Wildman–Crippen MR) is 56.0 cm³/mol. The second-order valence-corrected chi connectivity index (χ2v) is 3.32. The number of ketones is 1. The van der Waals surface area contributed by atoms with E-state index < -0.39 is 17.9 Å². The number of carbonyl (C=O) groups excluding carboxylic acids is 2. The monoisotopic (exact) mass is 231 g/mol. The van der Waals surface area contributed by atoms with Gasteiger partial charge in [0.1, 0.15) is 18.4 Å². The minimum absolute atomic E-state index is 0.0211. The molecule has 0 radical (unpaired) electrons. The van der Waals surface area contributed by atoms with Crippen LogP contribution in [-0.2, 0) is 19.1 Å². The molecular formula is C10H17NO5. The molecule has 0 aliphatic carbocycles. The highest BCUT2D eigenvalue weighted by atomic mass is 16.5. The van der Waals surface area contributed by atoms with E-state index in [-0.39, 0.29) is 25.2 Å². The molecule has 0 rings (SSSR count). The summed E-state index contributed by atoms with van der Waals surface area (Å²) in [5.74, 6) is -1.67. The maximum Gasteiger partial charge on any atom is 0.326 e. The maximum absolute atomic E-state index is 11.1. The van der Waals surface area contributed by atoms with Crippen LogP contribution in [-0.4, -0.2) is 42.5 Å². The Morgan fingerprint density at radius 1 is 1.38 bits per heavy atom. The average molecular weight is 231 g/mol. The lowest BCUT2D eigenvalue weighted by atomic mass is 10.1. The Kier molecular flexibility index (Phi) is 7.11. The van der Waals surface area contributed by atoms with Crippen LogP contribution in [0.1, 0.15) is 26.2 Å². The van der Waals surface area contributed by atoms with E-state index in [0.29, 0.717) is 6.42 Å². The van der Waals surface area contributed by atoms with Gasteiger partial charge in [-0.1, -0.05) is 6.92 Å². The summed E-state index contributed by atoms with van der Waals surface area (Å²) in [6.07, 6.45) is 0.635. The number of carboxylic acids is 1. The number of aliphatic carboxylic acids is 1. The molecule has 0 fully saturated rings. The van der Waals surface area contributed by atoms with E-state index in [0.717, 1.165) is 0 Å². The van der Waals surface area contributed by atoms with Gasteiger partial charge in [-0.3, -0.25) is 9.59 Å². The van der Waals surface area contributed by atoms with Crippen LogP contribution in [0.5, 0.6) is 0 Å². The van der Waals surface area contributed by atoms with Crippen LogP contribution >= 0.6 is 0 Å². The van der Waals surface area contributed by atoms with Crippen molar-refractivity contribution in [3.63, 3.8) is 0 Å². The molecule has 0 saturated carbocycles. The van der Waals surface area contributed by atoms with Crippen molar-refractivity contribution >= 4 is 17.7 Å². The summed E-state index contributed by atoms with van der Waals surface area (Å²) in [5, 5.41) is 11.1. The Morgan fingerprint density at radius 2 is 2.00 bits per heavy atom. The van der Waals surface area contributed by atoms with Crippen LogP contribution in [0.3, 0.4) is 0 Å². The number of hydrogen-bond acceptors (Lipinski definition) is 4. The van der Waals surface area contributed by atoms with Crippen LogP contribution in [0.25, 0.3) is 0 Å². The fraction of sp³-hybridized carbons (Fsp3) is 0.700. The normalized spacial score (nSPS) is 11.9. The van der Waals surface area contributed by atoms with Gasteiger partial charge in [0.2, 0.25) is 5.91 Å². The molecule has 1 amide bonds. The van der Waals surface area contributed by atoms with Crippen LogP contribution in [0.2, 0.25) is 0 Å². The first-order chi connectivity index (χ1) is 7.51. The lowest BCUT2D eigenvalue weighted by molar-refractivity contribution is -0.142. The summed E-state index contributed by atoms with van der Waals surface area (Å²) in [7, 11) is 1.34. The molecule has 0 aromatic rings. The number of rotatable bonds is 8. The molecule has 16 heavy (non-hydrogen) atoms. The van der Waals surface area contributed by atoms with Crippen molar-refractivity contribution in [1.82, 2.24) is 5.32 Å². The van der Waals surface area contributed by atoms with Crippen LogP contribution in [0, 0.1) is 0 Å². The minimum Gasteiger partial charge on any atom is -0.480 e. The van der Waals surface area contributed by atoms with E-state index in [1.54, 1.807) is 6.92 Å². The van der Waals surface area contributed by atoms with Crippen molar-refractivity contribution in [3.05, 3.63) is 0 Å². The first-order valence-electron chi connectivity index (χ1n) is 5.04. The number of amides is 1. The molecule has 0 aliphatic rings. The van der Waals surface area contributed by atoms with Gasteiger partial charge in [-0.25, -0.2) is 4.79 Å². The summed E-state index contributed by atoms with van der Waals surface area (Å²) < 4.78 is 4.56. The van der Waals surface area contributed by atoms with Gasteiger partial charge in [0.25, 0.3) is 0 Å². The smallest absolute Gasteiger partial charge is 0.326 e. The zero-order valence-electron chi connectivity index (χ0n) is 9.49. The molecule has 1 atom stereocenters. The largest absolute Gasteiger partial charge is 0.480 e. The van der Waals surface area contributed by atoms with Gasteiger partial charge in [0, 0.05) is 20.0 Å². The van der Waals surface area contributed by atoms with Crippen molar-refractivity contribution in [1.29, 1.82) is 0 Å². The lowest BCUT2D eigenvalue weighted by Gasteiger charge is -2.13. The summed E-state index contributed by atoms with van der Waals surface area (Å²) in [6.45, 7) is 1.52. The van der Waals surface area contributed by atoms with Crippen LogP contribution < -0.4 is 5.32 Å². The van der Waals surface area contributed by atoms with Crippen molar-refractivity contribution in [2.24, 2.45) is 0 Å². The van der Waals surface area contributed by atoms with E-state index in [1.165, 1.54) is 7.11 Å². The number of nitrogens with one attached hydrogen (secondary N) is 1. The van der Waals surface area contributed by atoms with Gasteiger partial charge in [-0.05, 0) is 6.42 Å². The SMILES string of the molecule is CCC(=O)CC[C@H](NC(=O)COC)C(=O)O. The Hall–Kier alpha value is -1.43. The van der Waals surface area contributed by atoms with Gasteiger partial charge >= 0.3 is 5.97 Å². The fourth-order valence-electron chi connectivity index (χ4n) is 1.11. The molecule has 0 aromatic heterocycles. The highest BCUT2D eigenvalue weighted by molar-refractivity contribution is 5.85. The number of hydrogen-bond donors (Lipinski definition) is 2. The molecule has 0 bridgehead atoms. The third-order valence-corrected chi connectivity index (χ3v) is 2.01. The molecule has 6 heteroatoms. The van der Waals surface area contributed by atoms with E-state index >= 15 is 0 Å². The number of carbonyl (C=O) groups is 3.